The molecule has 5 heteroatoms. The van der Waals surface area contributed by atoms with Gasteiger partial charge in [0.05, 0.1) is 17.8 Å². The molecule has 0 aromatic heterocycles. The van der Waals surface area contributed by atoms with Gasteiger partial charge in [0.1, 0.15) is 11.5 Å². The summed E-state index contributed by atoms with van der Waals surface area (Å²) >= 11 is 0. The summed E-state index contributed by atoms with van der Waals surface area (Å²) in [6.07, 6.45) is 11.7. The number of hydrogen-bond donors (Lipinski definition) is 4. The Morgan fingerprint density at radius 1 is 0.824 bits per heavy atom. The molecule has 0 saturated heterocycles. The van der Waals surface area contributed by atoms with Crippen molar-refractivity contribution in [3.05, 3.63) is 22.3 Å². The number of rotatable bonds is 17. The molecule has 0 heterocycles. The summed E-state index contributed by atoms with van der Waals surface area (Å²) in [5.41, 5.74) is -0.0402. The molecule has 0 amide bonds. The van der Waals surface area contributed by atoms with Crippen LogP contribution in [0, 0.1) is 24.7 Å². The van der Waals surface area contributed by atoms with Crippen LogP contribution in [-0.2, 0) is 13.0 Å². The first-order valence-corrected chi connectivity index (χ1v) is 13.3. The number of benzene rings is 1. The molecule has 0 aliphatic carbocycles. The molecule has 3 atom stereocenters. The van der Waals surface area contributed by atoms with E-state index < -0.39 is 12.2 Å². The molecule has 34 heavy (non-hydrogen) atoms. The van der Waals surface area contributed by atoms with Gasteiger partial charge < -0.3 is 20.4 Å². The number of aromatic hydroxyl groups is 2. The predicted octanol–water partition coefficient (Wildman–Crippen LogP) is 6.83. The zero-order chi connectivity index (χ0) is 25.9. The lowest BCUT2D eigenvalue weighted by Gasteiger charge is -2.25. The quantitative estimate of drug-likeness (QED) is 0.145. The molecule has 0 aliphatic heterocycles. The third-order valence-electron chi connectivity index (χ3n) is 7.43. The number of aliphatic hydroxyl groups excluding tert-OH is 1. The Morgan fingerprint density at radius 3 is 1.85 bits per heavy atom. The Bertz CT molecular complexity index is 754. The highest BCUT2D eigenvalue weighted by atomic mass is 16.3. The molecule has 0 saturated carbocycles. The second-order valence-corrected chi connectivity index (χ2v) is 11.3. The number of carbonyl (C=O) groups is 1. The lowest BCUT2D eigenvalue weighted by molar-refractivity contribution is 0.0384. The van der Waals surface area contributed by atoms with Crippen LogP contribution in [0.15, 0.2) is 0 Å². The minimum absolute atomic E-state index is 0.0412. The molecule has 0 fully saturated rings. The Labute approximate surface area is 207 Å². The van der Waals surface area contributed by atoms with Crippen molar-refractivity contribution in [2.45, 2.75) is 124 Å². The highest BCUT2D eigenvalue weighted by Gasteiger charge is 2.25. The molecule has 1 rings (SSSR count). The van der Waals surface area contributed by atoms with Crippen LogP contribution in [-0.4, -0.2) is 32.3 Å². The van der Waals surface area contributed by atoms with E-state index in [1.54, 1.807) is 6.92 Å². The van der Waals surface area contributed by atoms with Crippen LogP contribution in [0.2, 0.25) is 0 Å². The average molecular weight is 479 g/mol. The van der Waals surface area contributed by atoms with Crippen LogP contribution in [0.3, 0.4) is 0 Å². The first kappa shape index (κ1) is 30.4. The van der Waals surface area contributed by atoms with Gasteiger partial charge in [0, 0.05) is 11.1 Å². The van der Waals surface area contributed by atoms with E-state index >= 15 is 0 Å². The van der Waals surface area contributed by atoms with Crippen molar-refractivity contribution in [3.63, 3.8) is 0 Å². The molecule has 196 valence electrons. The Kier molecular flexibility index (Phi) is 13.2. The van der Waals surface area contributed by atoms with E-state index in [4.69, 9.17) is 0 Å². The first-order chi connectivity index (χ1) is 15.9. The molecule has 4 N–H and O–H groups in total. The number of aldehydes is 1. The first-order valence-electron chi connectivity index (χ1n) is 13.3. The minimum atomic E-state index is -0.893. The van der Waals surface area contributed by atoms with E-state index in [1.165, 1.54) is 38.5 Å². The van der Waals surface area contributed by atoms with Crippen LogP contribution in [0.4, 0.5) is 0 Å². The van der Waals surface area contributed by atoms with E-state index in [1.807, 2.05) is 6.92 Å². The fraction of sp³-hybridized carbons (Fsp3) is 0.759. The number of phenols is 2. The van der Waals surface area contributed by atoms with E-state index in [0.717, 1.165) is 24.7 Å². The van der Waals surface area contributed by atoms with Gasteiger partial charge in [-0.05, 0) is 56.4 Å². The number of phenolic OH excluding ortho intramolecular Hbond substituents is 1. The van der Waals surface area contributed by atoms with E-state index in [2.05, 4.69) is 27.7 Å². The van der Waals surface area contributed by atoms with E-state index in [-0.39, 0.29) is 22.6 Å². The maximum Gasteiger partial charge on any atom is 0.154 e. The molecule has 0 aliphatic rings. The summed E-state index contributed by atoms with van der Waals surface area (Å²) in [5, 5.41) is 41.2. The molecule has 5 nitrogen and oxygen atoms in total. The average Bonchev–Trinajstić information content (AvgIpc) is 2.75. The smallest absolute Gasteiger partial charge is 0.154 e. The van der Waals surface area contributed by atoms with Crippen molar-refractivity contribution in [1.82, 2.24) is 0 Å². The molecule has 0 bridgehead atoms. The van der Waals surface area contributed by atoms with Crippen LogP contribution in [0.25, 0.3) is 0 Å². The fourth-order valence-electron chi connectivity index (χ4n) is 4.90. The molecular formula is C29H50O5. The Morgan fingerprint density at radius 2 is 1.35 bits per heavy atom. The van der Waals surface area contributed by atoms with E-state index in [9.17, 15) is 25.2 Å². The summed E-state index contributed by atoms with van der Waals surface area (Å²) in [6, 6.07) is 0. The van der Waals surface area contributed by atoms with Crippen LogP contribution in [0.5, 0.6) is 11.5 Å². The van der Waals surface area contributed by atoms with Crippen LogP contribution < -0.4 is 0 Å². The normalized spacial score (nSPS) is 15.3. The standard InChI is InChI=1S/C29H50O5/c1-20(2)10-7-11-21(3)12-8-13-22(4)14-9-16-29(6,34)17-15-24-23(5)27(32)25(18-30)26(19-31)28(24)33/h19-22,30,32-34H,7-18H2,1-6H3/t21-,22-,29-/m1/s1. The second kappa shape index (κ2) is 14.7. The van der Waals surface area contributed by atoms with Crippen molar-refractivity contribution >= 4 is 6.29 Å². The lowest BCUT2D eigenvalue weighted by Crippen LogP contribution is -2.25. The fourth-order valence-corrected chi connectivity index (χ4v) is 4.90. The monoisotopic (exact) mass is 478 g/mol. The van der Waals surface area contributed by atoms with Gasteiger partial charge in [0.25, 0.3) is 0 Å². The minimum Gasteiger partial charge on any atom is -0.507 e. The maximum absolute atomic E-state index is 11.4. The summed E-state index contributed by atoms with van der Waals surface area (Å²) in [5.74, 6) is 1.87. The predicted molar refractivity (Wildman–Crippen MR) is 139 cm³/mol. The van der Waals surface area contributed by atoms with Gasteiger partial charge in [0.15, 0.2) is 6.29 Å². The van der Waals surface area contributed by atoms with Gasteiger partial charge in [-0.2, -0.15) is 0 Å². The van der Waals surface area contributed by atoms with Crippen molar-refractivity contribution in [2.75, 3.05) is 0 Å². The Hall–Kier alpha value is -1.59. The second-order valence-electron chi connectivity index (χ2n) is 11.3. The van der Waals surface area contributed by atoms with Crippen molar-refractivity contribution < 1.29 is 25.2 Å². The lowest BCUT2D eigenvalue weighted by atomic mass is 9.86. The molecule has 1 aromatic rings. The highest BCUT2D eigenvalue weighted by Crippen LogP contribution is 2.38. The van der Waals surface area contributed by atoms with Gasteiger partial charge in [-0.15, -0.1) is 0 Å². The topological polar surface area (TPSA) is 98.0 Å². The largest absolute Gasteiger partial charge is 0.507 e. The zero-order valence-electron chi connectivity index (χ0n) is 22.5. The third kappa shape index (κ3) is 9.95. The van der Waals surface area contributed by atoms with Crippen molar-refractivity contribution in [3.8, 4) is 11.5 Å². The van der Waals surface area contributed by atoms with Gasteiger partial charge in [-0.25, -0.2) is 0 Å². The third-order valence-corrected chi connectivity index (χ3v) is 7.43. The molecular weight excluding hydrogens is 428 g/mol. The SMILES string of the molecule is Cc1c(O)c(CO)c(C=O)c(O)c1CC[C@](C)(O)CCC[C@H](C)CCC[C@H](C)CCCC(C)C. The van der Waals surface area contributed by atoms with Gasteiger partial charge in [-0.1, -0.05) is 79.1 Å². The van der Waals surface area contributed by atoms with Crippen molar-refractivity contribution in [2.24, 2.45) is 17.8 Å². The molecule has 0 unspecified atom stereocenters. The number of aliphatic hydroxyl groups is 2. The molecule has 0 spiro atoms. The van der Waals surface area contributed by atoms with E-state index in [0.29, 0.717) is 42.6 Å². The Balaban J connectivity index is 2.46. The molecule has 0 radical (unpaired) electrons. The van der Waals surface area contributed by atoms with Crippen molar-refractivity contribution in [1.29, 1.82) is 0 Å². The highest BCUT2D eigenvalue weighted by molar-refractivity contribution is 5.84. The zero-order valence-corrected chi connectivity index (χ0v) is 22.5. The maximum atomic E-state index is 11.4. The van der Waals surface area contributed by atoms with Crippen LogP contribution in [0.1, 0.15) is 126 Å². The number of hydrogen-bond acceptors (Lipinski definition) is 5. The van der Waals surface area contributed by atoms with Gasteiger partial charge in [0.2, 0.25) is 0 Å². The summed E-state index contributed by atoms with van der Waals surface area (Å²) in [7, 11) is 0. The van der Waals surface area contributed by atoms with Gasteiger partial charge >= 0.3 is 0 Å². The summed E-state index contributed by atoms with van der Waals surface area (Å²) in [6.45, 7) is 12.2. The summed E-state index contributed by atoms with van der Waals surface area (Å²) in [4.78, 5) is 11.4. The van der Waals surface area contributed by atoms with Gasteiger partial charge in [-0.3, -0.25) is 4.79 Å². The molecule has 1 aromatic carbocycles. The summed E-state index contributed by atoms with van der Waals surface area (Å²) < 4.78 is 0. The number of carbonyl (C=O) groups excluding carboxylic acids is 1. The van der Waals surface area contributed by atoms with Crippen LogP contribution >= 0.6 is 0 Å².